The van der Waals surface area contributed by atoms with Gasteiger partial charge < -0.3 is 0 Å². The summed E-state index contributed by atoms with van der Waals surface area (Å²) in [5.74, 6) is -51.7. The van der Waals surface area contributed by atoms with Crippen molar-refractivity contribution in [2.45, 2.75) is 55.8 Å². The summed E-state index contributed by atoms with van der Waals surface area (Å²) >= 11 is -3.52. The van der Waals surface area contributed by atoms with Gasteiger partial charge in [-0.2, -0.15) is 70.2 Å². The maximum absolute atomic E-state index is 14.0. The first-order valence-electron chi connectivity index (χ1n) is 9.61. The molecule has 0 aliphatic carbocycles. The standard InChI is InChI=1S/C20H8F18S2/c21-9-1-5-11(6-2-9)39-19(35,36)17(31,32)15(27,28)13(23,24)14(25,26)16(29,30)18(33,34)20(37,38)40-12-7-3-10(22)4-8-12/h1-8H. The Morgan fingerprint density at radius 2 is 0.525 bits per heavy atom. The van der Waals surface area contributed by atoms with Gasteiger partial charge in [-0.3, -0.25) is 0 Å². The van der Waals surface area contributed by atoms with Crippen molar-refractivity contribution in [2.24, 2.45) is 0 Å². The van der Waals surface area contributed by atoms with Crippen LogP contribution >= 0.6 is 23.5 Å². The van der Waals surface area contributed by atoms with Gasteiger partial charge in [0, 0.05) is 9.79 Å². The molecule has 0 heterocycles. The maximum Gasteiger partial charge on any atom is 0.388 e. The molecule has 0 atom stereocenters. The Kier molecular flexibility index (Phi) is 8.78. The smallest absolute Gasteiger partial charge is 0.207 e. The third kappa shape index (κ3) is 5.29. The lowest BCUT2D eigenvalue weighted by molar-refractivity contribution is -0.443. The van der Waals surface area contributed by atoms with Gasteiger partial charge >= 0.3 is 46.0 Å². The lowest BCUT2D eigenvalue weighted by Gasteiger charge is -2.43. The summed E-state index contributed by atoms with van der Waals surface area (Å²) in [5.41, 5.74) is 0. The zero-order valence-electron chi connectivity index (χ0n) is 18.2. The lowest BCUT2D eigenvalue weighted by atomic mass is 9.91. The summed E-state index contributed by atoms with van der Waals surface area (Å²) in [4.78, 5) is -2.54. The van der Waals surface area contributed by atoms with E-state index in [1.165, 1.54) is 0 Å². The SMILES string of the molecule is Fc1ccc(SC(F)(F)C(F)(F)C(F)(F)C(F)(F)C(F)(F)C(F)(F)C(F)(F)C(F)(F)Sc2ccc(F)cc2)cc1. The van der Waals surface area contributed by atoms with E-state index in [1.807, 2.05) is 0 Å². The molecule has 0 aliphatic heterocycles. The molecule has 0 spiro atoms. The molecule has 0 fully saturated rings. The van der Waals surface area contributed by atoms with Crippen LogP contribution in [0.5, 0.6) is 0 Å². The highest BCUT2D eigenvalue weighted by Gasteiger charge is 2.95. The van der Waals surface area contributed by atoms with Crippen molar-refractivity contribution in [1.29, 1.82) is 0 Å². The Morgan fingerprint density at radius 1 is 0.325 bits per heavy atom. The number of rotatable bonds is 11. The highest BCUT2D eigenvalue weighted by molar-refractivity contribution is 8.00. The van der Waals surface area contributed by atoms with Gasteiger partial charge in [0.25, 0.3) is 0 Å². The number of hydrogen-bond donors (Lipinski definition) is 0. The quantitative estimate of drug-likeness (QED) is 0.175. The Balaban J connectivity index is 2.52. The largest absolute Gasteiger partial charge is 0.388 e. The van der Waals surface area contributed by atoms with Gasteiger partial charge in [0.1, 0.15) is 11.6 Å². The predicted octanol–water partition coefficient (Wildman–Crippen LogP) is 9.85. The maximum atomic E-state index is 14.0. The molecule has 0 unspecified atom stereocenters. The summed E-state index contributed by atoms with van der Waals surface area (Å²) in [6.07, 6.45) is 0. The summed E-state index contributed by atoms with van der Waals surface area (Å²) in [6.45, 7) is 0. The molecule has 0 radical (unpaired) electrons. The highest BCUT2D eigenvalue weighted by atomic mass is 32.2. The summed E-state index contributed by atoms with van der Waals surface area (Å²) in [7, 11) is 0. The Bertz CT molecular complexity index is 1080. The van der Waals surface area contributed by atoms with E-state index in [2.05, 4.69) is 0 Å². The number of alkyl halides is 16. The summed E-state index contributed by atoms with van der Waals surface area (Å²) < 4.78 is 249. The second kappa shape index (κ2) is 10.3. The van der Waals surface area contributed by atoms with Crippen LogP contribution in [0, 0.1) is 11.6 Å². The third-order valence-corrected chi connectivity index (χ3v) is 6.86. The van der Waals surface area contributed by atoms with Crippen LogP contribution in [-0.2, 0) is 0 Å². The molecule has 0 aromatic heterocycles. The Labute approximate surface area is 219 Å². The fourth-order valence-electron chi connectivity index (χ4n) is 2.58. The van der Waals surface area contributed by atoms with E-state index in [-0.39, 0.29) is 48.5 Å². The fraction of sp³-hybridized carbons (Fsp3) is 0.400. The van der Waals surface area contributed by atoms with E-state index in [0.717, 1.165) is 0 Å². The second-order valence-corrected chi connectivity index (χ2v) is 9.97. The van der Waals surface area contributed by atoms with E-state index in [1.54, 1.807) is 0 Å². The fourth-order valence-corrected chi connectivity index (χ4v) is 4.23. The summed E-state index contributed by atoms with van der Waals surface area (Å²) in [5, 5.41) is -13.2. The highest BCUT2D eigenvalue weighted by Crippen LogP contribution is 2.66. The molecule has 0 saturated carbocycles. The molecule has 20 heteroatoms. The average Bonchev–Trinajstić information content (AvgIpc) is 2.80. The van der Waals surface area contributed by atoms with Gasteiger partial charge in [0.05, 0.1) is 0 Å². The number of halogens is 18. The normalized spacial score (nSPS) is 14.9. The number of thioether (sulfide) groups is 2. The monoisotopic (exact) mass is 654 g/mol. The van der Waals surface area contributed by atoms with E-state index >= 15 is 0 Å². The van der Waals surface area contributed by atoms with Gasteiger partial charge in [-0.25, -0.2) is 8.78 Å². The first-order chi connectivity index (χ1) is 17.7. The third-order valence-electron chi connectivity index (χ3n) is 4.82. The first kappa shape index (κ1) is 34.1. The number of hydrogen-bond acceptors (Lipinski definition) is 2. The second-order valence-electron chi connectivity index (χ2n) is 7.59. The van der Waals surface area contributed by atoms with Crippen LogP contribution in [0.15, 0.2) is 58.3 Å². The van der Waals surface area contributed by atoms with E-state index in [0.29, 0.717) is 0 Å². The summed E-state index contributed by atoms with van der Waals surface area (Å²) in [6, 6.07) is 1.87. The van der Waals surface area contributed by atoms with Gasteiger partial charge in [-0.1, -0.05) is 0 Å². The molecule has 40 heavy (non-hydrogen) atoms. The van der Waals surface area contributed by atoms with Gasteiger partial charge in [0.2, 0.25) is 0 Å². The molecule has 2 rings (SSSR count). The van der Waals surface area contributed by atoms with E-state index in [4.69, 9.17) is 0 Å². The van der Waals surface area contributed by atoms with Crippen molar-refractivity contribution in [3.05, 3.63) is 60.2 Å². The van der Waals surface area contributed by atoms with Crippen molar-refractivity contribution in [1.82, 2.24) is 0 Å². The molecule has 0 nitrogen and oxygen atoms in total. The molecule has 2 aromatic carbocycles. The molecule has 0 saturated heterocycles. The molecule has 0 N–H and O–H groups in total. The van der Waals surface area contributed by atoms with Crippen LogP contribution < -0.4 is 0 Å². The van der Waals surface area contributed by atoms with Crippen LogP contribution in [0.25, 0.3) is 0 Å². The zero-order chi connectivity index (χ0) is 31.4. The van der Waals surface area contributed by atoms with Gasteiger partial charge in [-0.15, -0.1) is 0 Å². The van der Waals surface area contributed by atoms with Crippen molar-refractivity contribution < 1.29 is 79.0 Å². The van der Waals surface area contributed by atoms with Gasteiger partial charge in [-0.05, 0) is 72.1 Å². The minimum atomic E-state index is -8.56. The first-order valence-corrected chi connectivity index (χ1v) is 11.2. The molecule has 0 bridgehead atoms. The Hall–Kier alpha value is -2.12. The minimum Gasteiger partial charge on any atom is -0.207 e. The predicted molar refractivity (Wildman–Crippen MR) is 104 cm³/mol. The number of benzene rings is 2. The molecule has 226 valence electrons. The lowest BCUT2D eigenvalue weighted by Crippen LogP contribution is -2.74. The van der Waals surface area contributed by atoms with Crippen LogP contribution in [0.2, 0.25) is 0 Å². The van der Waals surface area contributed by atoms with Crippen LogP contribution in [0.3, 0.4) is 0 Å². The molecule has 0 amide bonds. The van der Waals surface area contributed by atoms with Gasteiger partial charge in [0.15, 0.2) is 0 Å². The minimum absolute atomic E-state index is 0.199. The Morgan fingerprint density at radius 3 is 0.750 bits per heavy atom. The van der Waals surface area contributed by atoms with Crippen molar-refractivity contribution in [3.63, 3.8) is 0 Å². The van der Waals surface area contributed by atoms with Crippen molar-refractivity contribution in [2.75, 3.05) is 0 Å². The van der Waals surface area contributed by atoms with Crippen LogP contribution in [-0.4, -0.2) is 46.0 Å². The molecular weight excluding hydrogens is 646 g/mol. The van der Waals surface area contributed by atoms with Crippen molar-refractivity contribution >= 4 is 23.5 Å². The molecule has 2 aromatic rings. The topological polar surface area (TPSA) is 0 Å². The molecular formula is C20H8F18S2. The van der Waals surface area contributed by atoms with E-state index < -0.39 is 91.0 Å². The zero-order valence-corrected chi connectivity index (χ0v) is 19.9. The average molecular weight is 654 g/mol. The molecule has 0 aliphatic rings. The van der Waals surface area contributed by atoms with Crippen molar-refractivity contribution in [3.8, 4) is 0 Å². The van der Waals surface area contributed by atoms with E-state index in [9.17, 15) is 79.0 Å². The van der Waals surface area contributed by atoms with Crippen LogP contribution in [0.4, 0.5) is 79.0 Å². The van der Waals surface area contributed by atoms with Crippen LogP contribution in [0.1, 0.15) is 0 Å².